The zero-order valence-corrected chi connectivity index (χ0v) is 32.0. The number of aromatic nitrogens is 5. The van der Waals surface area contributed by atoms with Crippen molar-refractivity contribution in [1.29, 1.82) is 0 Å². The van der Waals surface area contributed by atoms with Crippen LogP contribution >= 0.6 is 11.6 Å². The lowest BCUT2D eigenvalue weighted by molar-refractivity contribution is -0.146. The molecule has 2 N–H and O–H groups in total. The van der Waals surface area contributed by atoms with Gasteiger partial charge >= 0.3 is 0 Å². The first-order valence-electron chi connectivity index (χ1n) is 18.1. The lowest BCUT2D eigenvalue weighted by atomic mass is 9.82. The van der Waals surface area contributed by atoms with Crippen LogP contribution in [0.25, 0.3) is 16.5 Å². The number of fused-ring (bicyclic) bond motifs is 3. The molecule has 1 spiro atoms. The summed E-state index contributed by atoms with van der Waals surface area (Å²) < 4.78 is 10.1. The van der Waals surface area contributed by atoms with E-state index in [0.717, 1.165) is 16.5 Å². The third-order valence-electron chi connectivity index (χ3n) is 11.1. The van der Waals surface area contributed by atoms with Crippen molar-refractivity contribution >= 4 is 42.3 Å². The maximum atomic E-state index is 15.0. The number of ether oxygens (including phenoxy) is 1. The van der Waals surface area contributed by atoms with Crippen LogP contribution in [0.2, 0.25) is 23.7 Å². The number of rotatable bonds is 10. The zero-order chi connectivity index (χ0) is 37.8. The lowest BCUT2D eigenvalue weighted by Crippen LogP contribution is -2.46. The fourth-order valence-electron chi connectivity index (χ4n) is 8.62. The smallest absolute Gasteiger partial charge is 0.279 e. The zero-order valence-electron chi connectivity index (χ0n) is 30.2. The lowest BCUT2D eigenvalue weighted by Gasteiger charge is -2.32. The molecule has 0 saturated carbocycles. The summed E-state index contributed by atoms with van der Waals surface area (Å²) in [6.07, 6.45) is 3.52. The number of amides is 1. The summed E-state index contributed by atoms with van der Waals surface area (Å²) in [6, 6.07) is 29.9. The quantitative estimate of drug-likeness (QED) is 0.158. The van der Waals surface area contributed by atoms with Gasteiger partial charge < -0.3 is 19.5 Å². The van der Waals surface area contributed by atoms with Crippen LogP contribution in [0.5, 0.6) is 0 Å². The van der Waals surface area contributed by atoms with Crippen molar-refractivity contribution in [1.82, 2.24) is 24.8 Å². The Morgan fingerprint density at radius 3 is 2.54 bits per heavy atom. The highest BCUT2D eigenvalue weighted by molar-refractivity contribution is 6.71. The van der Waals surface area contributed by atoms with E-state index in [0.29, 0.717) is 46.0 Å². The number of halogens is 1. The van der Waals surface area contributed by atoms with Crippen LogP contribution in [-0.2, 0) is 28.2 Å². The highest BCUT2D eigenvalue weighted by Crippen LogP contribution is 2.60. The normalized spacial score (nSPS) is 21.6. The Balaban J connectivity index is 1.09. The maximum absolute atomic E-state index is 15.0. The first kappa shape index (κ1) is 36.0. The standard InChI is InChI=1S/C41H41ClN6O5Si/c1-26-38(54(2,3)52)37(18-19-46-24-35(44-45-46)33(25-49)28-11-5-4-6-12-28)53-41(26)34-21-30(42)16-17-36(34)47(40(41)51)23-27-10-9-14-31(20-27)48-39(50)32-15-8-7-13-29(32)22-43-48/h4-17,20-22,24,26,33,37-38,49,52H,18-19,23,25H2,1-3H3/t26-,33?,37+,38-,41+/m1/s1. The van der Waals surface area contributed by atoms with E-state index in [1.807, 2.05) is 111 Å². The summed E-state index contributed by atoms with van der Waals surface area (Å²) in [7, 11) is -2.92. The van der Waals surface area contributed by atoms with Crippen molar-refractivity contribution in [3.8, 4) is 5.69 Å². The summed E-state index contributed by atoms with van der Waals surface area (Å²) in [5, 5.41) is 25.2. The number of benzene rings is 4. The molecule has 276 valence electrons. The van der Waals surface area contributed by atoms with E-state index in [9.17, 15) is 19.5 Å². The van der Waals surface area contributed by atoms with Gasteiger partial charge in [-0.2, -0.15) is 9.78 Å². The second-order valence-electron chi connectivity index (χ2n) is 14.9. The SMILES string of the molecule is C[C@@H]1[C@@H]([Si](C)(C)O)[C@H](CCn2cc(C(CO)c3ccccc3)nn2)O[C@@]12C(=O)N(Cc1cccc(-n3ncc4ccccc4c3=O)c1)c1ccc(Cl)cc12. The van der Waals surface area contributed by atoms with E-state index < -0.39 is 20.0 Å². The van der Waals surface area contributed by atoms with Crippen molar-refractivity contribution in [2.24, 2.45) is 5.92 Å². The van der Waals surface area contributed by atoms with E-state index in [-0.39, 0.29) is 42.0 Å². The molecule has 0 radical (unpaired) electrons. The Labute approximate surface area is 318 Å². The average molecular weight is 761 g/mol. The largest absolute Gasteiger partial charge is 0.432 e. The predicted octanol–water partition coefficient (Wildman–Crippen LogP) is 6.19. The summed E-state index contributed by atoms with van der Waals surface area (Å²) >= 11 is 6.62. The van der Waals surface area contributed by atoms with Gasteiger partial charge in [-0.05, 0) is 67.0 Å². The van der Waals surface area contributed by atoms with E-state index in [1.165, 1.54) is 4.68 Å². The Kier molecular flexibility index (Phi) is 9.35. The first-order chi connectivity index (χ1) is 26.0. The van der Waals surface area contributed by atoms with E-state index >= 15 is 0 Å². The van der Waals surface area contributed by atoms with Gasteiger partial charge in [-0.1, -0.05) is 84.4 Å². The molecule has 13 heteroatoms. The molecule has 6 aromatic rings. The Morgan fingerprint density at radius 1 is 0.981 bits per heavy atom. The van der Waals surface area contributed by atoms with Crippen LogP contribution in [0, 0.1) is 5.92 Å². The van der Waals surface area contributed by atoms with Crippen molar-refractivity contribution in [2.75, 3.05) is 11.5 Å². The van der Waals surface area contributed by atoms with Gasteiger partial charge in [-0.3, -0.25) is 14.3 Å². The molecular weight excluding hydrogens is 720 g/mol. The Bertz CT molecular complexity index is 2420. The number of hydrogen-bond donors (Lipinski definition) is 2. The molecule has 0 bridgehead atoms. The minimum absolute atomic E-state index is 0.107. The third kappa shape index (κ3) is 6.17. The number of carbonyl (C=O) groups excluding carboxylic acids is 1. The van der Waals surface area contributed by atoms with Crippen LogP contribution in [0.1, 0.15) is 41.6 Å². The third-order valence-corrected chi connectivity index (χ3v) is 13.8. The maximum Gasteiger partial charge on any atom is 0.279 e. The van der Waals surface area contributed by atoms with Crippen LogP contribution in [0.15, 0.2) is 114 Å². The predicted molar refractivity (Wildman–Crippen MR) is 209 cm³/mol. The number of aliphatic hydroxyl groups excluding tert-OH is 1. The molecular formula is C41H41ClN6O5Si. The molecule has 1 saturated heterocycles. The minimum Gasteiger partial charge on any atom is -0.432 e. The van der Waals surface area contributed by atoms with Gasteiger partial charge in [0.05, 0.1) is 53.8 Å². The monoisotopic (exact) mass is 760 g/mol. The van der Waals surface area contributed by atoms with Crippen LogP contribution in [0.4, 0.5) is 5.69 Å². The van der Waals surface area contributed by atoms with Crippen molar-refractivity contribution in [3.05, 3.63) is 147 Å². The molecule has 4 heterocycles. The van der Waals surface area contributed by atoms with Gasteiger partial charge in [0, 0.05) is 40.2 Å². The number of aryl methyl sites for hydroxylation is 1. The van der Waals surface area contributed by atoms with Gasteiger partial charge in [-0.25, -0.2) is 0 Å². The molecule has 5 atom stereocenters. The molecule has 8 rings (SSSR count). The molecule has 2 aliphatic rings. The summed E-state index contributed by atoms with van der Waals surface area (Å²) in [6.45, 7) is 6.33. The summed E-state index contributed by atoms with van der Waals surface area (Å²) in [5.74, 6) is -0.906. The van der Waals surface area contributed by atoms with Gasteiger partial charge in [0.2, 0.25) is 0 Å². The first-order valence-corrected chi connectivity index (χ1v) is 21.5. The topological polar surface area (TPSA) is 136 Å². The van der Waals surface area contributed by atoms with E-state index in [2.05, 4.69) is 15.4 Å². The van der Waals surface area contributed by atoms with Crippen LogP contribution in [0.3, 0.4) is 0 Å². The van der Waals surface area contributed by atoms with Crippen molar-refractivity contribution in [3.63, 3.8) is 0 Å². The summed E-state index contributed by atoms with van der Waals surface area (Å²) in [4.78, 5) is 41.9. The van der Waals surface area contributed by atoms with Crippen molar-refractivity contribution in [2.45, 2.75) is 62.7 Å². The number of aliphatic hydroxyl groups is 1. The Hall–Kier alpha value is -4.98. The second kappa shape index (κ2) is 14.0. The molecule has 1 amide bonds. The fraction of sp³-hybridized carbons (Fsp3) is 0.293. The molecule has 11 nitrogen and oxygen atoms in total. The van der Waals surface area contributed by atoms with Crippen LogP contribution < -0.4 is 10.5 Å². The highest BCUT2D eigenvalue weighted by Gasteiger charge is 2.66. The molecule has 1 fully saturated rings. The molecule has 2 aromatic heterocycles. The summed E-state index contributed by atoms with van der Waals surface area (Å²) in [5.41, 5.74) is 2.47. The molecule has 54 heavy (non-hydrogen) atoms. The number of hydrogen-bond acceptors (Lipinski definition) is 8. The number of anilines is 1. The van der Waals surface area contributed by atoms with Gasteiger partial charge in [0.25, 0.3) is 11.5 Å². The van der Waals surface area contributed by atoms with Gasteiger partial charge in [-0.15, -0.1) is 5.10 Å². The fourth-order valence-corrected chi connectivity index (χ4v) is 11.4. The van der Waals surface area contributed by atoms with E-state index in [1.54, 1.807) is 27.9 Å². The molecule has 1 unspecified atom stereocenters. The Morgan fingerprint density at radius 2 is 1.76 bits per heavy atom. The van der Waals surface area contributed by atoms with Crippen molar-refractivity contribution < 1.29 is 19.4 Å². The molecule has 2 aliphatic heterocycles. The van der Waals surface area contributed by atoms with Gasteiger partial charge in [0.15, 0.2) is 13.9 Å². The highest BCUT2D eigenvalue weighted by atomic mass is 35.5. The average Bonchev–Trinajstić information content (AvgIpc) is 3.82. The van der Waals surface area contributed by atoms with Gasteiger partial charge in [0.1, 0.15) is 0 Å². The van der Waals surface area contributed by atoms with Crippen LogP contribution in [-0.4, -0.2) is 61.6 Å². The minimum atomic E-state index is -2.92. The number of carbonyl (C=O) groups is 1. The second-order valence-corrected chi connectivity index (χ2v) is 19.3. The number of nitrogens with zero attached hydrogens (tertiary/aromatic N) is 6. The molecule has 0 aliphatic carbocycles. The molecule has 4 aromatic carbocycles. The van der Waals surface area contributed by atoms with E-state index in [4.69, 9.17) is 16.3 Å².